The average Bonchev–Trinajstić information content (AvgIpc) is 3.13. The predicted octanol–water partition coefficient (Wildman–Crippen LogP) is 1.95. The van der Waals surface area contributed by atoms with Gasteiger partial charge in [0.05, 0.1) is 11.3 Å². The van der Waals surface area contributed by atoms with Crippen molar-refractivity contribution in [2.24, 2.45) is 0 Å². The van der Waals surface area contributed by atoms with Gasteiger partial charge in [-0.05, 0) is 30.3 Å². The first-order valence-electron chi connectivity index (χ1n) is 8.73. The Hall–Kier alpha value is -4.54. The summed E-state index contributed by atoms with van der Waals surface area (Å²) < 4.78 is 5.21. The summed E-state index contributed by atoms with van der Waals surface area (Å²) in [7, 11) is 0. The van der Waals surface area contributed by atoms with Crippen molar-refractivity contribution in [2.75, 3.05) is 11.9 Å². The second kappa shape index (κ2) is 8.45. The van der Waals surface area contributed by atoms with Crippen LogP contribution in [0.5, 0.6) is 5.75 Å². The molecule has 0 aliphatic carbocycles. The molecule has 0 atom stereocenters. The third-order valence-corrected chi connectivity index (χ3v) is 4.31. The number of carbonyl (C=O) groups is 4. The topological polar surface area (TPSA) is 186 Å². The fourth-order valence-corrected chi connectivity index (χ4v) is 2.87. The van der Waals surface area contributed by atoms with Crippen LogP contribution in [0, 0.1) is 0 Å². The van der Waals surface area contributed by atoms with Gasteiger partial charge in [0.1, 0.15) is 5.75 Å². The van der Waals surface area contributed by atoms with Crippen LogP contribution in [0.1, 0.15) is 10.4 Å². The van der Waals surface area contributed by atoms with Crippen LogP contribution in [0.3, 0.4) is 0 Å². The first-order chi connectivity index (χ1) is 14.7. The molecule has 160 valence electrons. The van der Waals surface area contributed by atoms with Crippen molar-refractivity contribution in [2.45, 2.75) is 6.04 Å². The second-order valence-electron chi connectivity index (χ2n) is 6.44. The maximum Gasteiger partial charge on any atom is 0.341 e. The molecule has 0 amide bonds. The van der Waals surface area contributed by atoms with Gasteiger partial charge in [0.15, 0.2) is 6.61 Å². The zero-order chi connectivity index (χ0) is 22.7. The molecular formula is C20H16N2O9. The maximum absolute atomic E-state index is 11.2. The van der Waals surface area contributed by atoms with E-state index in [-0.39, 0.29) is 17.0 Å². The van der Waals surface area contributed by atoms with Gasteiger partial charge in [-0.25, -0.2) is 19.2 Å². The minimum atomic E-state index is -1.97. The number of nitrogens with one attached hydrogen (secondary N) is 2. The van der Waals surface area contributed by atoms with Gasteiger partial charge in [-0.15, -0.1) is 0 Å². The van der Waals surface area contributed by atoms with Gasteiger partial charge in [-0.1, -0.05) is 12.1 Å². The number of aromatic nitrogens is 1. The van der Waals surface area contributed by atoms with Crippen LogP contribution in [0.15, 0.2) is 42.5 Å². The van der Waals surface area contributed by atoms with Crippen molar-refractivity contribution in [1.82, 2.24) is 4.98 Å². The lowest BCUT2D eigenvalue weighted by atomic mass is 10.1. The van der Waals surface area contributed by atoms with Crippen LogP contribution < -0.4 is 10.1 Å². The fourth-order valence-electron chi connectivity index (χ4n) is 2.87. The standard InChI is InChI=1S/C20H16N2O9/c23-16(24)8-31-15-7-10(3-4-12(15)22-17(19(27)28)20(29)30)13-5-9-1-2-11(18(25)26)6-14(9)21-13/h1-7,17,21-22H,8H2,(H,23,24)(H,25,26)(H,27,28)(H,29,30). The Morgan fingerprint density at radius 3 is 2.26 bits per heavy atom. The van der Waals surface area contributed by atoms with Crippen molar-refractivity contribution in [3.8, 4) is 17.0 Å². The molecule has 0 aliphatic rings. The molecule has 2 aromatic carbocycles. The average molecular weight is 428 g/mol. The lowest BCUT2D eigenvalue weighted by molar-refractivity contribution is -0.148. The molecule has 11 heteroatoms. The van der Waals surface area contributed by atoms with E-state index in [0.717, 1.165) is 5.39 Å². The van der Waals surface area contributed by atoms with Crippen LogP contribution in [0.4, 0.5) is 5.69 Å². The van der Waals surface area contributed by atoms with Gasteiger partial charge in [0.25, 0.3) is 0 Å². The number of aromatic carboxylic acids is 1. The zero-order valence-electron chi connectivity index (χ0n) is 15.7. The van der Waals surface area contributed by atoms with Crippen molar-refractivity contribution >= 4 is 40.5 Å². The third kappa shape index (κ3) is 4.72. The molecule has 0 saturated carbocycles. The van der Waals surface area contributed by atoms with Gasteiger partial charge in [-0.3, -0.25) is 0 Å². The highest BCUT2D eigenvalue weighted by Gasteiger charge is 2.27. The zero-order valence-corrected chi connectivity index (χ0v) is 15.7. The molecule has 3 aromatic rings. The normalized spacial score (nSPS) is 10.7. The molecule has 11 nitrogen and oxygen atoms in total. The number of H-pyrrole nitrogens is 1. The second-order valence-corrected chi connectivity index (χ2v) is 6.44. The Morgan fingerprint density at radius 2 is 1.65 bits per heavy atom. The summed E-state index contributed by atoms with van der Waals surface area (Å²) in [6.07, 6.45) is 0. The molecular weight excluding hydrogens is 412 g/mol. The Kier molecular flexibility index (Phi) is 5.77. The lowest BCUT2D eigenvalue weighted by Crippen LogP contribution is -2.37. The van der Waals surface area contributed by atoms with E-state index < -0.39 is 36.5 Å². The summed E-state index contributed by atoms with van der Waals surface area (Å²) in [5, 5.41) is 39.2. The number of anilines is 1. The molecule has 0 fully saturated rings. The van der Waals surface area contributed by atoms with E-state index >= 15 is 0 Å². The minimum absolute atomic E-state index is 0.0240. The molecule has 0 aliphatic heterocycles. The van der Waals surface area contributed by atoms with Crippen LogP contribution in [0.25, 0.3) is 22.2 Å². The van der Waals surface area contributed by atoms with Crippen molar-refractivity contribution in [3.05, 3.63) is 48.0 Å². The first kappa shape index (κ1) is 21.2. The number of benzene rings is 2. The number of hydrogen-bond donors (Lipinski definition) is 6. The van der Waals surface area contributed by atoms with E-state index in [4.69, 9.17) is 25.2 Å². The van der Waals surface area contributed by atoms with E-state index in [1.807, 2.05) is 0 Å². The van der Waals surface area contributed by atoms with E-state index in [1.54, 1.807) is 18.2 Å². The number of carboxylic acid groups (broad SMARTS) is 4. The van der Waals surface area contributed by atoms with Gasteiger partial charge in [0, 0.05) is 22.2 Å². The van der Waals surface area contributed by atoms with Crippen LogP contribution in [0.2, 0.25) is 0 Å². The van der Waals surface area contributed by atoms with Gasteiger partial charge in [0.2, 0.25) is 6.04 Å². The van der Waals surface area contributed by atoms with Crippen LogP contribution >= 0.6 is 0 Å². The fraction of sp³-hybridized carbons (Fsp3) is 0.100. The largest absolute Gasteiger partial charge is 0.480 e. The van der Waals surface area contributed by atoms with Crippen molar-refractivity contribution < 1.29 is 44.3 Å². The number of hydrogen-bond acceptors (Lipinski definition) is 6. The molecule has 3 rings (SSSR count). The quantitative estimate of drug-likeness (QED) is 0.275. The summed E-state index contributed by atoms with van der Waals surface area (Å²) in [4.78, 5) is 47.4. The lowest BCUT2D eigenvalue weighted by Gasteiger charge is -2.16. The number of carboxylic acids is 4. The molecule has 0 radical (unpaired) electrons. The first-order valence-corrected chi connectivity index (χ1v) is 8.73. The smallest absolute Gasteiger partial charge is 0.341 e. The summed E-state index contributed by atoms with van der Waals surface area (Å²) >= 11 is 0. The summed E-state index contributed by atoms with van der Waals surface area (Å²) in [5.41, 5.74) is 1.70. The van der Waals surface area contributed by atoms with E-state index in [0.29, 0.717) is 16.8 Å². The van der Waals surface area contributed by atoms with E-state index in [9.17, 15) is 19.2 Å². The predicted molar refractivity (Wildman–Crippen MR) is 107 cm³/mol. The third-order valence-electron chi connectivity index (χ3n) is 4.31. The molecule has 1 heterocycles. The Morgan fingerprint density at radius 1 is 0.935 bits per heavy atom. The highest BCUT2D eigenvalue weighted by atomic mass is 16.5. The van der Waals surface area contributed by atoms with E-state index in [1.165, 1.54) is 24.3 Å². The highest BCUT2D eigenvalue weighted by Crippen LogP contribution is 2.33. The number of rotatable bonds is 9. The highest BCUT2D eigenvalue weighted by molar-refractivity contribution is 6.00. The molecule has 0 unspecified atom stereocenters. The number of ether oxygens (including phenoxy) is 1. The molecule has 1 aromatic heterocycles. The summed E-state index contributed by atoms with van der Waals surface area (Å²) in [6, 6.07) is 8.62. The summed E-state index contributed by atoms with van der Waals surface area (Å²) in [6.45, 7) is -0.738. The number of aromatic amines is 1. The number of fused-ring (bicyclic) bond motifs is 1. The Labute approximate surface area is 173 Å². The monoisotopic (exact) mass is 428 g/mol. The molecule has 0 bridgehead atoms. The SMILES string of the molecule is O=C(O)COc1cc(-c2cc3ccc(C(=O)O)cc3[nH]2)ccc1NC(C(=O)O)C(=O)O. The minimum Gasteiger partial charge on any atom is -0.480 e. The molecule has 0 saturated heterocycles. The Bertz CT molecular complexity index is 1180. The number of aliphatic carboxylic acids is 3. The molecule has 6 N–H and O–H groups in total. The van der Waals surface area contributed by atoms with Crippen LogP contribution in [-0.2, 0) is 14.4 Å². The summed E-state index contributed by atoms with van der Waals surface area (Å²) in [5.74, 6) is -5.70. The van der Waals surface area contributed by atoms with Crippen LogP contribution in [-0.4, -0.2) is 61.9 Å². The van der Waals surface area contributed by atoms with Gasteiger partial charge in [-0.2, -0.15) is 0 Å². The van der Waals surface area contributed by atoms with E-state index in [2.05, 4.69) is 10.3 Å². The maximum atomic E-state index is 11.2. The Balaban J connectivity index is 2.01. The molecule has 0 spiro atoms. The van der Waals surface area contributed by atoms with Crippen molar-refractivity contribution in [3.63, 3.8) is 0 Å². The van der Waals surface area contributed by atoms with Gasteiger partial charge < -0.3 is 35.5 Å². The van der Waals surface area contributed by atoms with Crippen molar-refractivity contribution in [1.29, 1.82) is 0 Å². The molecule has 31 heavy (non-hydrogen) atoms. The van der Waals surface area contributed by atoms with Gasteiger partial charge >= 0.3 is 23.9 Å².